The number of ketones is 2. The Kier molecular flexibility index (Phi) is 9.49. The molecule has 2 aromatic rings. The van der Waals surface area contributed by atoms with Crippen molar-refractivity contribution in [2.75, 3.05) is 33.0 Å². The lowest BCUT2D eigenvalue weighted by atomic mass is 9.60. The summed E-state index contributed by atoms with van der Waals surface area (Å²) in [4.78, 5) is 64.7. The van der Waals surface area contributed by atoms with Gasteiger partial charge in [-0.3, -0.25) is 19.4 Å². The Morgan fingerprint density at radius 3 is 2.70 bits per heavy atom. The molecule has 6 atom stereocenters. The molecular formula is C41H43N3O10. The molecule has 54 heavy (non-hydrogen) atoms. The molecule has 3 aliphatic heterocycles. The first kappa shape index (κ1) is 35.9. The second kappa shape index (κ2) is 14.3. The van der Waals surface area contributed by atoms with Crippen molar-refractivity contribution in [2.24, 2.45) is 16.8 Å². The van der Waals surface area contributed by atoms with Crippen molar-refractivity contribution in [1.29, 1.82) is 0 Å². The Morgan fingerprint density at radius 1 is 1.11 bits per heavy atom. The molecule has 1 aromatic heterocycles. The van der Waals surface area contributed by atoms with E-state index >= 15 is 0 Å². The number of carbonyl (C=O) groups excluding carboxylic acids is 3. The highest BCUT2D eigenvalue weighted by Gasteiger charge is 2.63. The number of aryl methyl sites for hydroxylation is 1. The Labute approximate surface area is 311 Å². The summed E-state index contributed by atoms with van der Waals surface area (Å²) in [5, 5.41) is 25.1. The Bertz CT molecular complexity index is 2120. The predicted molar refractivity (Wildman–Crippen MR) is 196 cm³/mol. The van der Waals surface area contributed by atoms with Gasteiger partial charge in [-0.1, -0.05) is 42.9 Å². The number of rotatable bonds is 7. The van der Waals surface area contributed by atoms with E-state index in [4.69, 9.17) is 23.9 Å². The van der Waals surface area contributed by atoms with Gasteiger partial charge in [0.25, 0.3) is 5.56 Å². The van der Waals surface area contributed by atoms with Gasteiger partial charge < -0.3 is 39.0 Å². The highest BCUT2D eigenvalue weighted by Crippen LogP contribution is 2.62. The smallest absolute Gasteiger partial charge is 0.331 e. The number of hydrogen-bond donors (Lipinski definition) is 3. The summed E-state index contributed by atoms with van der Waals surface area (Å²) in [6.07, 6.45) is 15.0. The van der Waals surface area contributed by atoms with Gasteiger partial charge in [0.2, 0.25) is 5.78 Å². The van der Waals surface area contributed by atoms with Crippen molar-refractivity contribution in [1.82, 2.24) is 9.88 Å². The number of ether oxygens (including phenoxy) is 4. The normalized spacial score (nSPS) is 29.4. The second-order valence-corrected chi connectivity index (χ2v) is 14.6. The first-order chi connectivity index (χ1) is 26.1. The van der Waals surface area contributed by atoms with Crippen LogP contribution >= 0.6 is 0 Å². The number of aliphatic hydroxyl groups is 1. The fourth-order valence-electron chi connectivity index (χ4n) is 8.87. The van der Waals surface area contributed by atoms with Gasteiger partial charge in [-0.25, -0.2) is 4.79 Å². The number of carbonyl (C=O) groups is 3. The molecule has 8 rings (SSSR count). The number of piperidine rings is 1. The molecular weight excluding hydrogens is 694 g/mol. The van der Waals surface area contributed by atoms with Crippen molar-refractivity contribution in [3.05, 3.63) is 98.5 Å². The molecule has 0 unspecified atom stereocenters. The first-order valence-corrected chi connectivity index (χ1v) is 18.6. The minimum Gasteiger partial charge on any atom is -0.507 e. The average Bonchev–Trinajstić information content (AvgIpc) is 3.16. The monoisotopic (exact) mass is 737 g/mol. The number of pyridine rings is 1. The van der Waals surface area contributed by atoms with E-state index in [0.29, 0.717) is 30.9 Å². The molecule has 3 N–H and O–H groups in total. The maximum absolute atomic E-state index is 14.4. The number of fused-ring (bicyclic) bond motifs is 6. The van der Waals surface area contributed by atoms with Gasteiger partial charge in [0.1, 0.15) is 11.9 Å². The number of aromatic hydroxyl groups is 1. The van der Waals surface area contributed by atoms with Crippen LogP contribution in [0.25, 0.3) is 0 Å². The van der Waals surface area contributed by atoms with E-state index in [9.17, 15) is 29.4 Å². The van der Waals surface area contributed by atoms with Crippen LogP contribution in [0.5, 0.6) is 17.2 Å². The molecule has 3 aliphatic carbocycles. The molecule has 282 valence electrons. The molecule has 6 aliphatic rings. The zero-order valence-corrected chi connectivity index (χ0v) is 30.2. The Morgan fingerprint density at radius 2 is 1.91 bits per heavy atom. The molecule has 1 aromatic carbocycles. The zero-order chi connectivity index (χ0) is 37.7. The predicted octanol–water partition coefficient (Wildman–Crippen LogP) is 4.30. The Hall–Kier alpha value is -5.11. The second-order valence-electron chi connectivity index (χ2n) is 14.6. The van der Waals surface area contributed by atoms with E-state index in [1.165, 1.54) is 18.6 Å². The lowest BCUT2D eigenvalue weighted by Crippen LogP contribution is -2.56. The number of hydrogen-bond acceptors (Lipinski definition) is 12. The van der Waals surface area contributed by atoms with Crippen molar-refractivity contribution in [2.45, 2.75) is 69.9 Å². The molecule has 0 radical (unpaired) electrons. The van der Waals surface area contributed by atoms with Crippen molar-refractivity contribution >= 4 is 23.2 Å². The molecule has 13 nitrogen and oxygen atoms in total. The van der Waals surface area contributed by atoms with Gasteiger partial charge in [-0.05, 0) is 64.8 Å². The SMILES string of the molecule is C/C=C/C=C/C=C/C(=O)O[C@@H]1C=CC[C@H]2C(=NCCN3CCCCC3)c3c(O)c4c5c(c3O[C@H]12)OCO[C@@H]5C[C@@H]1C(=O)c2cc(C)[nH]c(=O)c2C(=O)[C@]41O. The molecule has 4 heterocycles. The molecule has 0 saturated carbocycles. The van der Waals surface area contributed by atoms with Gasteiger partial charge in [0.15, 0.2) is 35.8 Å². The van der Waals surface area contributed by atoms with Gasteiger partial charge in [0, 0.05) is 40.9 Å². The third kappa shape index (κ3) is 5.85. The number of H-pyrrole nitrogens is 1. The van der Waals surface area contributed by atoms with E-state index in [1.807, 2.05) is 25.2 Å². The minimum atomic E-state index is -2.62. The van der Waals surface area contributed by atoms with E-state index in [1.54, 1.807) is 31.2 Å². The molecule has 0 amide bonds. The van der Waals surface area contributed by atoms with Crippen LogP contribution < -0.4 is 15.0 Å². The number of aromatic nitrogens is 1. The minimum absolute atomic E-state index is 0.0755. The van der Waals surface area contributed by atoms with Crippen LogP contribution in [0.2, 0.25) is 0 Å². The van der Waals surface area contributed by atoms with Crippen LogP contribution in [-0.2, 0) is 19.9 Å². The molecule has 0 bridgehead atoms. The van der Waals surface area contributed by atoms with Crippen LogP contribution in [0.4, 0.5) is 0 Å². The number of nitrogens with one attached hydrogen (secondary N) is 1. The number of nitrogens with zero attached hydrogens (tertiary/aromatic N) is 2. The van der Waals surface area contributed by atoms with Gasteiger partial charge in [-0.2, -0.15) is 0 Å². The summed E-state index contributed by atoms with van der Waals surface area (Å²) >= 11 is 0. The standard InChI is InChI=1S/C41H43N3O10/c1-3-4-5-6-8-14-28(45)53-26-13-11-12-23-33(42-15-18-44-16-9-7-10-17-44)31-35(47)32-30-27(51-21-52-37(30)38(31)54-36(23)26)20-25-34(46)24-19-22(2)43-40(49)29(24)39(48)41(25,32)50/h3-6,8,11,13-14,19,23,25-27,36,47,50H,7,9-10,12,15-18,20-21H2,1-2H3,(H,43,49)/b4-3+,6-5+,14-8+,42-33?/t23-,25+,26+,27+,36-,41+/m0/s1. The zero-order valence-electron chi connectivity index (χ0n) is 30.2. The van der Waals surface area contributed by atoms with E-state index in [-0.39, 0.29) is 47.0 Å². The van der Waals surface area contributed by atoms with Crippen LogP contribution in [0.15, 0.2) is 64.5 Å². The number of Topliss-reactive ketones (excluding diaryl/α,β-unsaturated/α-hetero) is 2. The van der Waals surface area contributed by atoms with Crippen LogP contribution in [0, 0.1) is 18.8 Å². The summed E-state index contributed by atoms with van der Waals surface area (Å²) in [6, 6.07) is 1.44. The van der Waals surface area contributed by atoms with Crippen molar-refractivity contribution in [3.63, 3.8) is 0 Å². The van der Waals surface area contributed by atoms with Crippen molar-refractivity contribution in [3.8, 4) is 17.2 Å². The number of allylic oxidation sites excluding steroid dienone is 6. The third-order valence-electron chi connectivity index (χ3n) is 11.3. The summed E-state index contributed by atoms with van der Waals surface area (Å²) in [7, 11) is 0. The van der Waals surface area contributed by atoms with E-state index in [0.717, 1.165) is 25.9 Å². The lowest BCUT2D eigenvalue weighted by Gasteiger charge is -2.48. The Balaban J connectivity index is 1.26. The number of benzene rings is 1. The van der Waals surface area contributed by atoms with E-state index in [2.05, 4.69) is 9.88 Å². The average molecular weight is 738 g/mol. The topological polar surface area (TPSA) is 177 Å². The molecule has 13 heteroatoms. The highest BCUT2D eigenvalue weighted by atomic mass is 16.7. The number of esters is 1. The quantitative estimate of drug-likeness (QED) is 0.160. The van der Waals surface area contributed by atoms with E-state index < -0.39 is 70.2 Å². The maximum Gasteiger partial charge on any atom is 0.331 e. The molecule has 1 saturated heterocycles. The number of phenolic OH excluding ortho intramolecular Hbond substituents is 1. The van der Waals surface area contributed by atoms with Crippen LogP contribution in [0.1, 0.15) is 88.2 Å². The summed E-state index contributed by atoms with van der Waals surface area (Å²) in [5.74, 6) is -4.30. The number of aromatic amines is 1. The maximum atomic E-state index is 14.4. The fourth-order valence-corrected chi connectivity index (χ4v) is 8.87. The fraction of sp³-hybridized carbons (Fsp3) is 0.439. The molecule has 1 fully saturated rings. The third-order valence-corrected chi connectivity index (χ3v) is 11.3. The van der Waals surface area contributed by atoms with Gasteiger partial charge in [-0.15, -0.1) is 0 Å². The lowest BCUT2D eigenvalue weighted by molar-refractivity contribution is -0.146. The number of likely N-dealkylation sites (tertiary alicyclic amines) is 1. The summed E-state index contributed by atoms with van der Waals surface area (Å²) in [6.45, 7) is 6.21. The number of phenols is 1. The van der Waals surface area contributed by atoms with Gasteiger partial charge in [0.05, 0.1) is 35.4 Å². The van der Waals surface area contributed by atoms with Crippen LogP contribution in [-0.4, -0.2) is 88.5 Å². The summed E-state index contributed by atoms with van der Waals surface area (Å²) < 4.78 is 24.7. The largest absolute Gasteiger partial charge is 0.507 e. The van der Waals surface area contributed by atoms with Gasteiger partial charge >= 0.3 is 5.97 Å². The van der Waals surface area contributed by atoms with Crippen LogP contribution in [0.3, 0.4) is 0 Å². The van der Waals surface area contributed by atoms with Crippen molar-refractivity contribution < 1.29 is 43.5 Å². The molecule has 0 spiro atoms. The highest BCUT2D eigenvalue weighted by molar-refractivity contribution is 6.20. The summed E-state index contributed by atoms with van der Waals surface area (Å²) in [5.41, 5.74) is -3.11. The first-order valence-electron chi connectivity index (χ1n) is 18.6. The number of aliphatic imine (C=N–C) groups is 1.